The van der Waals surface area contributed by atoms with Crippen molar-refractivity contribution in [2.75, 3.05) is 33.4 Å². The van der Waals surface area contributed by atoms with Crippen molar-refractivity contribution >= 4 is 51.0 Å². The number of amides is 2. The van der Waals surface area contributed by atoms with Gasteiger partial charge < -0.3 is 19.7 Å². The summed E-state index contributed by atoms with van der Waals surface area (Å²) in [5.41, 5.74) is 0. The number of methoxy groups -OCH3 is 1. The number of hydrogen-bond acceptors (Lipinski definition) is 8. The number of sulfonamides is 1. The highest BCUT2D eigenvalue weighted by atomic mass is 35.5. The highest BCUT2D eigenvalue weighted by Gasteiger charge is 2.41. The number of nitrogens with zero attached hydrogens (tertiary/aromatic N) is 3. The number of carbonyl (C=O) groups excluding carboxylic acids is 3. The van der Waals surface area contributed by atoms with Gasteiger partial charge in [0, 0.05) is 48.5 Å². The fourth-order valence-electron chi connectivity index (χ4n) is 5.19. The Balaban J connectivity index is 1.31. The van der Waals surface area contributed by atoms with E-state index in [0.29, 0.717) is 32.0 Å². The monoisotopic (exact) mass is 640 g/mol. The summed E-state index contributed by atoms with van der Waals surface area (Å²) >= 11 is 12.0. The highest BCUT2D eigenvalue weighted by Crippen LogP contribution is 2.30. The molecule has 1 N–H and O–H groups in total. The van der Waals surface area contributed by atoms with Crippen molar-refractivity contribution in [1.29, 1.82) is 0 Å². The Morgan fingerprint density at radius 1 is 1.05 bits per heavy atom. The second-order valence-electron chi connectivity index (χ2n) is 10.3. The minimum atomic E-state index is -4.09. The van der Waals surface area contributed by atoms with Crippen LogP contribution in [-0.2, 0) is 29.1 Å². The molecule has 0 bridgehead atoms. The molecule has 228 valence electrons. The molecule has 1 aromatic carbocycles. The summed E-state index contributed by atoms with van der Waals surface area (Å²) in [5.74, 6) is -0.404. The van der Waals surface area contributed by atoms with E-state index in [9.17, 15) is 22.8 Å². The van der Waals surface area contributed by atoms with Gasteiger partial charge in [-0.15, -0.1) is 0 Å². The third-order valence-corrected chi connectivity index (χ3v) is 9.82. The molecule has 2 aromatic rings. The molecule has 1 aromatic heterocycles. The molecule has 14 heteroatoms. The van der Waals surface area contributed by atoms with E-state index in [0.717, 1.165) is 22.9 Å². The van der Waals surface area contributed by atoms with Crippen LogP contribution in [0.4, 0.5) is 0 Å². The van der Waals surface area contributed by atoms with Gasteiger partial charge in [-0.05, 0) is 68.4 Å². The zero-order valence-corrected chi connectivity index (χ0v) is 25.5. The van der Waals surface area contributed by atoms with E-state index >= 15 is 0 Å². The molecule has 42 heavy (non-hydrogen) atoms. The maximum atomic E-state index is 13.3. The highest BCUT2D eigenvalue weighted by molar-refractivity contribution is 7.89. The molecule has 2 aliphatic heterocycles. The fraction of sp³-hybridized carbons (Fsp3) is 0.500. The molecule has 11 nitrogen and oxygen atoms in total. The molecule has 0 spiro atoms. The van der Waals surface area contributed by atoms with Crippen LogP contribution in [0.5, 0.6) is 5.75 Å². The van der Waals surface area contributed by atoms with E-state index in [4.69, 9.17) is 32.7 Å². The Kier molecular flexibility index (Phi) is 11.0. The Morgan fingerprint density at radius 2 is 1.71 bits per heavy atom. The van der Waals surface area contributed by atoms with Gasteiger partial charge in [0.2, 0.25) is 21.8 Å². The number of rotatable bonds is 11. The molecule has 0 radical (unpaired) electrons. The molecule has 4 rings (SSSR count). The molecule has 2 atom stereocenters. The van der Waals surface area contributed by atoms with Crippen LogP contribution in [0.3, 0.4) is 0 Å². The lowest BCUT2D eigenvalue weighted by molar-refractivity contribution is -0.146. The Bertz CT molecular complexity index is 1350. The van der Waals surface area contributed by atoms with Gasteiger partial charge in [-0.2, -0.15) is 4.31 Å². The van der Waals surface area contributed by atoms with Gasteiger partial charge in [-0.25, -0.2) is 13.2 Å². The third kappa shape index (κ3) is 8.12. The smallest absolute Gasteiger partial charge is 0.328 e. The van der Waals surface area contributed by atoms with Crippen molar-refractivity contribution < 1.29 is 32.3 Å². The summed E-state index contributed by atoms with van der Waals surface area (Å²) in [6, 6.07) is 5.42. The lowest BCUT2D eigenvalue weighted by Gasteiger charge is -2.32. The summed E-state index contributed by atoms with van der Waals surface area (Å²) in [4.78, 5) is 44.3. The van der Waals surface area contributed by atoms with E-state index in [1.807, 2.05) is 0 Å². The van der Waals surface area contributed by atoms with Gasteiger partial charge in [-0.3, -0.25) is 14.6 Å². The Morgan fingerprint density at radius 3 is 2.36 bits per heavy atom. The number of hydrogen-bond donors (Lipinski definition) is 1. The third-order valence-electron chi connectivity index (χ3n) is 7.50. The molecule has 2 saturated heterocycles. The first-order valence-electron chi connectivity index (χ1n) is 13.7. The van der Waals surface area contributed by atoms with Crippen molar-refractivity contribution in [2.45, 2.75) is 55.5 Å². The van der Waals surface area contributed by atoms with Crippen molar-refractivity contribution in [1.82, 2.24) is 19.5 Å². The maximum Gasteiger partial charge on any atom is 0.328 e. The summed E-state index contributed by atoms with van der Waals surface area (Å²) in [5, 5.41) is 2.92. The molecule has 0 aliphatic carbocycles. The number of esters is 1. The largest absolute Gasteiger partial charge is 0.493 e. The van der Waals surface area contributed by atoms with Crippen LogP contribution in [-0.4, -0.2) is 85.8 Å². The molecule has 2 fully saturated rings. The van der Waals surface area contributed by atoms with Crippen LogP contribution < -0.4 is 10.1 Å². The summed E-state index contributed by atoms with van der Waals surface area (Å²) in [6.45, 7) is 1.82. The van der Waals surface area contributed by atoms with Crippen LogP contribution in [0.25, 0.3) is 0 Å². The van der Waals surface area contributed by atoms with E-state index in [2.05, 4.69) is 10.3 Å². The van der Waals surface area contributed by atoms with Gasteiger partial charge in [0.15, 0.2) is 0 Å². The average Bonchev–Trinajstić information content (AvgIpc) is 3.49. The number of pyridine rings is 1. The predicted octanol–water partition coefficient (Wildman–Crippen LogP) is 3.30. The zero-order chi connectivity index (χ0) is 30.3. The number of piperidine rings is 1. The lowest BCUT2D eigenvalue weighted by Crippen LogP contribution is -2.51. The second-order valence-corrected chi connectivity index (χ2v) is 13.1. The maximum absolute atomic E-state index is 13.3. The van der Waals surface area contributed by atoms with Crippen LogP contribution in [0.2, 0.25) is 10.0 Å². The van der Waals surface area contributed by atoms with Gasteiger partial charge in [0.1, 0.15) is 17.8 Å². The van der Waals surface area contributed by atoms with Crippen molar-refractivity contribution in [3.63, 3.8) is 0 Å². The molecule has 2 amide bonds. The number of nitrogens with one attached hydrogen (secondary N) is 1. The minimum Gasteiger partial charge on any atom is -0.493 e. The van der Waals surface area contributed by atoms with E-state index < -0.39 is 34.0 Å². The van der Waals surface area contributed by atoms with Gasteiger partial charge in [-0.1, -0.05) is 23.2 Å². The number of halogens is 2. The molecule has 2 aliphatic rings. The van der Waals surface area contributed by atoms with Crippen LogP contribution in [0.15, 0.2) is 47.6 Å². The Labute approximate surface area is 255 Å². The van der Waals surface area contributed by atoms with E-state index in [1.165, 1.54) is 25.3 Å². The van der Waals surface area contributed by atoms with Crippen LogP contribution >= 0.6 is 23.2 Å². The minimum absolute atomic E-state index is 0.0195. The first kappa shape index (κ1) is 32.0. The number of likely N-dealkylation sites (tertiary alicyclic amines) is 1. The normalized spacial score (nSPS) is 18.8. The van der Waals surface area contributed by atoms with Gasteiger partial charge in [0.25, 0.3) is 0 Å². The van der Waals surface area contributed by atoms with E-state index in [1.54, 1.807) is 29.4 Å². The van der Waals surface area contributed by atoms with Crippen molar-refractivity contribution in [2.24, 2.45) is 5.92 Å². The second kappa shape index (κ2) is 14.5. The SMILES string of the molecule is COC(=O)[C@H](CCC(=O)N1CCC(COc2ccncc2)CC1)NC(=O)[C@@H]1CCCN1S(=O)(=O)c1cc(Cl)cc(Cl)c1. The lowest BCUT2D eigenvalue weighted by atomic mass is 9.97. The first-order chi connectivity index (χ1) is 20.1. The zero-order valence-electron chi connectivity index (χ0n) is 23.2. The first-order valence-corrected chi connectivity index (χ1v) is 15.9. The topological polar surface area (TPSA) is 135 Å². The standard InChI is InChI=1S/C28H34Cl2N4O7S/c1-40-28(37)24(4-5-26(35)33-13-8-19(9-14-33)18-41-22-6-10-31-11-7-22)32-27(36)25-3-2-12-34(25)42(38,39)23-16-20(29)15-21(30)17-23/h6-7,10-11,15-17,19,24-25H,2-5,8-9,12-14,18H2,1H3,(H,32,36)/t24-,25-/m0/s1. The summed E-state index contributed by atoms with van der Waals surface area (Å²) < 4.78 is 38.4. The predicted molar refractivity (Wildman–Crippen MR) is 156 cm³/mol. The number of carbonyl (C=O) groups is 3. The molecule has 0 unspecified atom stereocenters. The van der Waals surface area contributed by atoms with Gasteiger partial charge in [0.05, 0.1) is 18.6 Å². The number of ether oxygens (including phenoxy) is 2. The average molecular weight is 642 g/mol. The quantitative estimate of drug-likeness (QED) is 0.370. The Hall–Kier alpha value is -2.93. The van der Waals surface area contributed by atoms with Crippen molar-refractivity contribution in [3.05, 3.63) is 52.8 Å². The molecular weight excluding hydrogens is 607 g/mol. The molecule has 3 heterocycles. The fourth-order valence-corrected chi connectivity index (χ4v) is 7.57. The van der Waals surface area contributed by atoms with Crippen molar-refractivity contribution in [3.8, 4) is 5.75 Å². The molecule has 0 saturated carbocycles. The van der Waals surface area contributed by atoms with Crippen LogP contribution in [0, 0.1) is 5.92 Å². The number of aromatic nitrogens is 1. The number of benzene rings is 1. The van der Waals surface area contributed by atoms with Crippen LogP contribution in [0.1, 0.15) is 38.5 Å². The van der Waals surface area contributed by atoms with Gasteiger partial charge >= 0.3 is 5.97 Å². The van der Waals surface area contributed by atoms with E-state index in [-0.39, 0.29) is 46.7 Å². The summed E-state index contributed by atoms with van der Waals surface area (Å²) in [6.07, 6.45) is 5.68. The molecular formula is C28H34Cl2N4O7S. The summed E-state index contributed by atoms with van der Waals surface area (Å²) in [7, 11) is -2.90.